The van der Waals surface area contributed by atoms with Crippen molar-refractivity contribution < 1.29 is 4.74 Å². The monoisotopic (exact) mass is 390 g/mol. The highest BCUT2D eigenvalue weighted by Crippen LogP contribution is 2.17. The van der Waals surface area contributed by atoms with Crippen molar-refractivity contribution in [2.24, 2.45) is 4.99 Å². The van der Waals surface area contributed by atoms with Gasteiger partial charge in [0.1, 0.15) is 0 Å². The fourth-order valence-electron chi connectivity index (χ4n) is 2.32. The number of guanidine groups is 1. The highest BCUT2D eigenvalue weighted by molar-refractivity contribution is 14.0. The zero-order valence-corrected chi connectivity index (χ0v) is 14.4. The van der Waals surface area contributed by atoms with Crippen LogP contribution in [0.4, 0.5) is 0 Å². The fraction of sp³-hybridized carbons (Fsp3) is 0.571. The summed E-state index contributed by atoms with van der Waals surface area (Å²) in [6.07, 6.45) is 6.86. The summed E-state index contributed by atoms with van der Waals surface area (Å²) in [6, 6.07) is 4.46. The SMILES string of the molecule is CN=C(NCc1ccnc(OC)c1)NC1CCCC1.I. The Balaban J connectivity index is 0.00000200. The molecule has 0 spiro atoms. The van der Waals surface area contributed by atoms with Gasteiger partial charge in [-0.25, -0.2) is 4.98 Å². The van der Waals surface area contributed by atoms with E-state index >= 15 is 0 Å². The molecule has 112 valence electrons. The van der Waals surface area contributed by atoms with Gasteiger partial charge in [-0.3, -0.25) is 4.99 Å². The quantitative estimate of drug-likeness (QED) is 0.471. The number of aromatic nitrogens is 1. The lowest BCUT2D eigenvalue weighted by molar-refractivity contribution is 0.397. The molecule has 0 unspecified atom stereocenters. The Morgan fingerprint density at radius 3 is 2.85 bits per heavy atom. The molecular formula is C14H23IN4O. The van der Waals surface area contributed by atoms with E-state index in [-0.39, 0.29) is 24.0 Å². The Hall–Kier alpha value is -1.05. The van der Waals surface area contributed by atoms with Gasteiger partial charge in [0.05, 0.1) is 7.11 Å². The van der Waals surface area contributed by atoms with Crippen LogP contribution in [0.3, 0.4) is 0 Å². The van der Waals surface area contributed by atoms with Crippen LogP contribution >= 0.6 is 24.0 Å². The molecule has 1 aliphatic rings. The number of ether oxygens (including phenoxy) is 1. The predicted molar refractivity (Wildman–Crippen MR) is 91.8 cm³/mol. The largest absolute Gasteiger partial charge is 0.481 e. The summed E-state index contributed by atoms with van der Waals surface area (Å²) < 4.78 is 5.11. The van der Waals surface area contributed by atoms with Crippen molar-refractivity contribution in [3.63, 3.8) is 0 Å². The summed E-state index contributed by atoms with van der Waals surface area (Å²) in [5.41, 5.74) is 1.13. The molecule has 1 aliphatic carbocycles. The van der Waals surface area contributed by atoms with Crippen molar-refractivity contribution in [1.82, 2.24) is 15.6 Å². The topological polar surface area (TPSA) is 58.5 Å². The van der Waals surface area contributed by atoms with Gasteiger partial charge in [0.25, 0.3) is 0 Å². The first-order valence-electron chi connectivity index (χ1n) is 6.78. The van der Waals surface area contributed by atoms with Crippen LogP contribution in [0.25, 0.3) is 0 Å². The molecule has 0 radical (unpaired) electrons. The Morgan fingerprint density at radius 2 is 2.20 bits per heavy atom. The number of nitrogens with zero attached hydrogens (tertiary/aromatic N) is 2. The molecule has 1 heterocycles. The molecule has 0 amide bonds. The van der Waals surface area contributed by atoms with Crippen molar-refractivity contribution in [2.45, 2.75) is 38.3 Å². The van der Waals surface area contributed by atoms with Gasteiger partial charge in [-0.2, -0.15) is 0 Å². The van der Waals surface area contributed by atoms with Crippen LogP contribution < -0.4 is 15.4 Å². The van der Waals surface area contributed by atoms with E-state index in [4.69, 9.17) is 4.74 Å². The van der Waals surface area contributed by atoms with Crippen LogP contribution in [0.1, 0.15) is 31.2 Å². The number of halogens is 1. The van der Waals surface area contributed by atoms with Crippen molar-refractivity contribution >= 4 is 29.9 Å². The Kier molecular flexibility index (Phi) is 7.64. The van der Waals surface area contributed by atoms with Gasteiger partial charge in [0, 0.05) is 31.9 Å². The van der Waals surface area contributed by atoms with Crippen molar-refractivity contribution in [1.29, 1.82) is 0 Å². The van der Waals surface area contributed by atoms with E-state index in [1.807, 2.05) is 12.1 Å². The molecule has 0 atom stereocenters. The van der Waals surface area contributed by atoms with E-state index in [9.17, 15) is 0 Å². The normalized spacial score (nSPS) is 15.6. The van der Waals surface area contributed by atoms with Crippen molar-refractivity contribution in [2.75, 3.05) is 14.2 Å². The smallest absolute Gasteiger partial charge is 0.213 e. The second-order valence-electron chi connectivity index (χ2n) is 4.76. The Bertz CT molecular complexity index is 433. The number of hydrogen-bond acceptors (Lipinski definition) is 3. The third-order valence-corrected chi connectivity index (χ3v) is 3.39. The van der Waals surface area contributed by atoms with Crippen molar-refractivity contribution in [3.8, 4) is 5.88 Å². The van der Waals surface area contributed by atoms with E-state index < -0.39 is 0 Å². The number of methoxy groups -OCH3 is 1. The minimum atomic E-state index is 0. The van der Waals surface area contributed by atoms with Crippen molar-refractivity contribution in [3.05, 3.63) is 23.9 Å². The number of aliphatic imine (C=N–C) groups is 1. The fourth-order valence-corrected chi connectivity index (χ4v) is 2.32. The van der Waals surface area contributed by atoms with Crippen LogP contribution in [0, 0.1) is 0 Å². The molecule has 0 bridgehead atoms. The van der Waals surface area contributed by atoms with Gasteiger partial charge in [0.2, 0.25) is 5.88 Å². The third-order valence-electron chi connectivity index (χ3n) is 3.39. The second kappa shape index (κ2) is 8.99. The molecule has 1 fully saturated rings. The summed E-state index contributed by atoms with van der Waals surface area (Å²) in [5, 5.41) is 6.78. The summed E-state index contributed by atoms with van der Waals surface area (Å²) >= 11 is 0. The van der Waals surface area contributed by atoms with E-state index in [2.05, 4.69) is 20.6 Å². The second-order valence-corrected chi connectivity index (χ2v) is 4.76. The van der Waals surface area contributed by atoms with Crippen LogP contribution in [0.2, 0.25) is 0 Å². The molecular weight excluding hydrogens is 367 g/mol. The minimum absolute atomic E-state index is 0. The molecule has 1 aromatic rings. The van der Waals surface area contributed by atoms with E-state index in [1.54, 1.807) is 20.4 Å². The van der Waals surface area contributed by atoms with Crippen LogP contribution in [-0.2, 0) is 6.54 Å². The van der Waals surface area contributed by atoms with E-state index in [1.165, 1.54) is 25.7 Å². The van der Waals surface area contributed by atoms with E-state index in [0.717, 1.165) is 11.5 Å². The average Bonchev–Trinajstić information content (AvgIpc) is 2.96. The first-order valence-corrected chi connectivity index (χ1v) is 6.78. The Labute approximate surface area is 137 Å². The maximum atomic E-state index is 5.11. The van der Waals surface area contributed by atoms with Crippen LogP contribution in [0.5, 0.6) is 5.88 Å². The first-order chi connectivity index (χ1) is 9.31. The van der Waals surface area contributed by atoms with Crippen LogP contribution in [0.15, 0.2) is 23.3 Å². The van der Waals surface area contributed by atoms with Gasteiger partial charge < -0.3 is 15.4 Å². The summed E-state index contributed by atoms with van der Waals surface area (Å²) in [5.74, 6) is 1.50. The summed E-state index contributed by atoms with van der Waals surface area (Å²) in [4.78, 5) is 8.35. The lowest BCUT2D eigenvalue weighted by atomic mass is 10.2. The van der Waals surface area contributed by atoms with Gasteiger partial charge >= 0.3 is 0 Å². The van der Waals surface area contributed by atoms with Gasteiger partial charge in [0.15, 0.2) is 5.96 Å². The van der Waals surface area contributed by atoms with Gasteiger partial charge in [-0.15, -0.1) is 24.0 Å². The molecule has 1 saturated carbocycles. The highest BCUT2D eigenvalue weighted by atomic mass is 127. The lowest BCUT2D eigenvalue weighted by Gasteiger charge is -2.16. The summed E-state index contributed by atoms with van der Waals surface area (Å²) in [7, 11) is 3.43. The van der Waals surface area contributed by atoms with Gasteiger partial charge in [-0.1, -0.05) is 12.8 Å². The zero-order chi connectivity index (χ0) is 13.5. The maximum Gasteiger partial charge on any atom is 0.213 e. The molecule has 0 aliphatic heterocycles. The van der Waals surface area contributed by atoms with Gasteiger partial charge in [-0.05, 0) is 24.5 Å². The zero-order valence-electron chi connectivity index (χ0n) is 12.1. The molecule has 20 heavy (non-hydrogen) atoms. The summed E-state index contributed by atoms with van der Waals surface area (Å²) in [6.45, 7) is 0.714. The minimum Gasteiger partial charge on any atom is -0.481 e. The average molecular weight is 390 g/mol. The molecule has 0 aromatic carbocycles. The Morgan fingerprint density at radius 1 is 1.45 bits per heavy atom. The van der Waals surface area contributed by atoms with Crippen LogP contribution in [-0.4, -0.2) is 31.1 Å². The molecule has 5 nitrogen and oxygen atoms in total. The molecule has 6 heteroatoms. The van der Waals surface area contributed by atoms with E-state index in [0.29, 0.717) is 18.5 Å². The molecule has 2 N–H and O–H groups in total. The number of hydrogen-bond donors (Lipinski definition) is 2. The predicted octanol–water partition coefficient (Wildman–Crippen LogP) is 2.32. The lowest BCUT2D eigenvalue weighted by Crippen LogP contribution is -2.41. The number of nitrogens with one attached hydrogen (secondary N) is 2. The third kappa shape index (κ3) is 5.15. The first kappa shape index (κ1) is 17.0. The molecule has 0 saturated heterocycles. The highest BCUT2D eigenvalue weighted by Gasteiger charge is 2.15. The standard InChI is InChI=1S/C14H22N4O.HI/c1-15-14(18-12-5-3-4-6-12)17-10-11-7-8-16-13(9-11)19-2;/h7-9,12H,3-6,10H2,1-2H3,(H2,15,17,18);1H. The number of pyridine rings is 1. The number of rotatable bonds is 4. The maximum absolute atomic E-state index is 5.11. The molecule has 1 aromatic heterocycles. The molecule has 2 rings (SSSR count).